The maximum Gasteiger partial charge on any atom is 0.319 e. The van der Waals surface area contributed by atoms with Crippen molar-refractivity contribution in [3.63, 3.8) is 0 Å². The van der Waals surface area contributed by atoms with E-state index in [9.17, 15) is 4.39 Å². The summed E-state index contributed by atoms with van der Waals surface area (Å²) in [7, 11) is 0. The molecule has 4 atom stereocenters. The van der Waals surface area contributed by atoms with Crippen LogP contribution in [0.2, 0.25) is 5.02 Å². The van der Waals surface area contributed by atoms with E-state index >= 15 is 4.39 Å². The number of rotatable bonds is 5. The van der Waals surface area contributed by atoms with Crippen molar-refractivity contribution in [3.8, 4) is 17.3 Å². The molecule has 5 heterocycles. The van der Waals surface area contributed by atoms with E-state index in [0.29, 0.717) is 53.2 Å². The molecule has 1 aliphatic carbocycles. The number of benzene rings is 2. The van der Waals surface area contributed by atoms with E-state index in [-0.39, 0.29) is 47.6 Å². The van der Waals surface area contributed by atoms with Crippen LogP contribution in [0.15, 0.2) is 42.6 Å². The second-order valence-corrected chi connectivity index (χ2v) is 12.9. The summed E-state index contributed by atoms with van der Waals surface area (Å²) in [5.74, 6) is 1.38. The first-order chi connectivity index (χ1) is 20.0. The molecule has 3 saturated heterocycles. The summed E-state index contributed by atoms with van der Waals surface area (Å²) in [6.07, 6.45) is 6.87. The molecule has 6 nitrogen and oxygen atoms in total. The minimum Gasteiger partial charge on any atom is -0.461 e. The van der Waals surface area contributed by atoms with Gasteiger partial charge < -0.3 is 9.64 Å². The lowest BCUT2D eigenvalue weighted by Gasteiger charge is -2.34. The molecule has 2 aromatic carbocycles. The Morgan fingerprint density at radius 2 is 1.79 bits per heavy atom. The van der Waals surface area contributed by atoms with Gasteiger partial charge in [0.25, 0.3) is 0 Å². The summed E-state index contributed by atoms with van der Waals surface area (Å²) < 4.78 is 37.3. The molecule has 228 valence electrons. The Morgan fingerprint density at radius 1 is 1.02 bits per heavy atom. The van der Waals surface area contributed by atoms with Crippen molar-refractivity contribution in [2.75, 3.05) is 37.7 Å². The maximum absolute atomic E-state index is 16.6. The Hall–Kier alpha value is -2.52. The quantitative estimate of drug-likeness (QED) is 0.221. The summed E-state index contributed by atoms with van der Waals surface area (Å²) in [5.41, 5.74) is 0.658. The van der Waals surface area contributed by atoms with Gasteiger partial charge in [-0.25, -0.2) is 8.78 Å². The highest BCUT2D eigenvalue weighted by Gasteiger charge is 2.49. The van der Waals surface area contributed by atoms with Crippen LogP contribution in [-0.4, -0.2) is 64.3 Å². The highest BCUT2D eigenvalue weighted by Crippen LogP contribution is 2.43. The third kappa shape index (κ3) is 5.18. The second kappa shape index (κ2) is 11.8. The number of aromatic nitrogens is 3. The number of hydrogen-bond donors (Lipinski definition) is 0. The van der Waals surface area contributed by atoms with Gasteiger partial charge in [-0.05, 0) is 61.9 Å². The molecule has 0 N–H and O–H groups in total. The Labute approximate surface area is 267 Å². The fraction of sp³-hybridized carbons (Fsp3) is 0.469. The molecule has 0 spiro atoms. The number of nitrogens with zero attached hydrogens (tertiary/aromatic N) is 5. The number of alkyl halides is 1. The van der Waals surface area contributed by atoms with E-state index in [4.69, 9.17) is 21.3 Å². The highest BCUT2D eigenvalue weighted by atomic mass is 35.5. The normalized spacial score (nSPS) is 26.4. The zero-order valence-electron chi connectivity index (χ0n) is 23.6. The molecule has 4 aliphatic rings. The lowest BCUT2D eigenvalue weighted by molar-refractivity contribution is 0.107. The van der Waals surface area contributed by atoms with Gasteiger partial charge in [0.05, 0.1) is 10.9 Å². The zero-order valence-corrected chi connectivity index (χ0v) is 26.0. The molecule has 4 aromatic rings. The van der Waals surface area contributed by atoms with Crippen molar-refractivity contribution in [1.82, 2.24) is 19.9 Å². The molecule has 8 rings (SSSR count). The fourth-order valence-corrected chi connectivity index (χ4v) is 8.32. The van der Waals surface area contributed by atoms with Crippen molar-refractivity contribution in [1.29, 1.82) is 0 Å². The first-order valence-corrected chi connectivity index (χ1v) is 15.2. The van der Waals surface area contributed by atoms with Crippen LogP contribution in [-0.2, 0) is 0 Å². The van der Waals surface area contributed by atoms with Gasteiger partial charge in [0, 0.05) is 48.2 Å². The van der Waals surface area contributed by atoms with Gasteiger partial charge in [0.1, 0.15) is 29.8 Å². The Balaban J connectivity index is 0.00000165. The largest absolute Gasteiger partial charge is 0.461 e. The van der Waals surface area contributed by atoms with E-state index in [1.807, 2.05) is 30.3 Å². The van der Waals surface area contributed by atoms with Crippen molar-refractivity contribution in [2.24, 2.45) is 11.8 Å². The van der Waals surface area contributed by atoms with Gasteiger partial charge in [-0.3, -0.25) is 9.88 Å². The second-order valence-electron chi connectivity index (χ2n) is 12.5. The van der Waals surface area contributed by atoms with Gasteiger partial charge >= 0.3 is 6.01 Å². The Bertz CT molecular complexity index is 1660. The molecular weight excluding hydrogens is 615 g/mol. The molecular formula is C32H34Cl3F2N5O. The molecule has 1 saturated carbocycles. The van der Waals surface area contributed by atoms with Crippen molar-refractivity contribution < 1.29 is 13.5 Å². The van der Waals surface area contributed by atoms with E-state index in [1.165, 1.54) is 19.3 Å². The SMILES string of the molecule is Cl.Cl.Fc1c(-c2cccc3cccc(Cl)c23)ncc2c(N3CC4CCC(C4)C3)nc(OCC34CCCN3C[C@H](F)C4)nc12. The molecule has 4 fully saturated rings. The summed E-state index contributed by atoms with van der Waals surface area (Å²) >= 11 is 6.59. The fourth-order valence-electron chi connectivity index (χ4n) is 8.04. The maximum atomic E-state index is 16.6. The van der Waals surface area contributed by atoms with Gasteiger partial charge in [-0.15, -0.1) is 24.8 Å². The molecule has 2 bridgehead atoms. The van der Waals surface area contributed by atoms with E-state index in [0.717, 1.165) is 43.2 Å². The van der Waals surface area contributed by atoms with Crippen molar-refractivity contribution >= 4 is 63.9 Å². The molecule has 11 heteroatoms. The van der Waals surface area contributed by atoms with Gasteiger partial charge in [0.15, 0.2) is 5.82 Å². The van der Waals surface area contributed by atoms with Crippen LogP contribution in [0.3, 0.4) is 0 Å². The van der Waals surface area contributed by atoms with Crippen molar-refractivity contribution in [2.45, 2.75) is 50.2 Å². The van der Waals surface area contributed by atoms with Gasteiger partial charge in [-0.2, -0.15) is 9.97 Å². The number of pyridine rings is 1. The summed E-state index contributed by atoms with van der Waals surface area (Å²) in [6, 6.07) is 11.5. The van der Waals surface area contributed by atoms with Crippen LogP contribution < -0.4 is 9.64 Å². The molecule has 0 radical (unpaired) electrons. The summed E-state index contributed by atoms with van der Waals surface area (Å²) in [4.78, 5) is 18.6. The number of hydrogen-bond acceptors (Lipinski definition) is 6. The van der Waals surface area contributed by atoms with Crippen LogP contribution in [0, 0.1) is 17.7 Å². The summed E-state index contributed by atoms with van der Waals surface area (Å²) in [5, 5.41) is 2.79. The first-order valence-electron chi connectivity index (χ1n) is 14.8. The van der Waals surface area contributed by atoms with Crippen LogP contribution in [0.4, 0.5) is 14.6 Å². The van der Waals surface area contributed by atoms with Crippen LogP contribution in [0.1, 0.15) is 38.5 Å². The average Bonchev–Trinajstić information content (AvgIpc) is 3.62. The molecule has 0 amide bonds. The molecule has 2 aromatic heterocycles. The molecule has 43 heavy (non-hydrogen) atoms. The van der Waals surface area contributed by atoms with Crippen molar-refractivity contribution in [3.05, 3.63) is 53.4 Å². The minimum absolute atomic E-state index is 0. The number of fused-ring (bicyclic) bond motifs is 5. The number of ether oxygens (including phenoxy) is 1. The van der Waals surface area contributed by atoms with Crippen LogP contribution in [0.5, 0.6) is 6.01 Å². The van der Waals surface area contributed by atoms with Crippen LogP contribution in [0.25, 0.3) is 32.9 Å². The topological polar surface area (TPSA) is 54.4 Å². The number of halogens is 5. The third-order valence-corrected chi connectivity index (χ3v) is 10.2. The first kappa shape index (κ1) is 30.5. The third-order valence-electron chi connectivity index (χ3n) is 9.89. The molecule has 3 unspecified atom stereocenters. The predicted molar refractivity (Wildman–Crippen MR) is 171 cm³/mol. The number of anilines is 1. The zero-order chi connectivity index (χ0) is 27.7. The predicted octanol–water partition coefficient (Wildman–Crippen LogP) is 7.67. The standard InChI is InChI=1S/C32H32ClF2N5O.2ClH/c33-25-7-2-5-21-4-1-6-23(26(21)25)28-27(35)29-24(14-36-28)30(39-15-19-8-9-20(12-19)16-39)38-31(37-29)41-18-32-10-3-11-40(32)17-22(34)13-32;;/h1-2,4-7,14,19-20,22H,3,8-13,15-18H2;2*1H/t19?,20?,22-,32?;;/m1../s1. The van der Waals surface area contributed by atoms with E-state index in [1.54, 1.807) is 12.3 Å². The molecule has 3 aliphatic heterocycles. The lowest BCUT2D eigenvalue weighted by Crippen LogP contribution is -2.43. The van der Waals surface area contributed by atoms with Gasteiger partial charge in [0.2, 0.25) is 0 Å². The van der Waals surface area contributed by atoms with E-state index < -0.39 is 12.0 Å². The summed E-state index contributed by atoms with van der Waals surface area (Å²) in [6.45, 7) is 3.38. The van der Waals surface area contributed by atoms with E-state index in [2.05, 4.69) is 19.8 Å². The van der Waals surface area contributed by atoms with Crippen LogP contribution >= 0.6 is 36.4 Å². The average molecular weight is 649 g/mol. The lowest BCUT2D eigenvalue weighted by atomic mass is 9.95. The Morgan fingerprint density at radius 3 is 2.58 bits per heavy atom. The smallest absolute Gasteiger partial charge is 0.319 e. The number of piperidine rings is 1. The Kier molecular flexibility index (Phi) is 8.35. The monoisotopic (exact) mass is 647 g/mol. The minimum atomic E-state index is -0.852. The highest BCUT2D eigenvalue weighted by molar-refractivity contribution is 6.36. The van der Waals surface area contributed by atoms with Gasteiger partial charge in [-0.1, -0.05) is 41.9 Å².